The van der Waals surface area contributed by atoms with Crippen molar-refractivity contribution in [3.63, 3.8) is 0 Å². The summed E-state index contributed by atoms with van der Waals surface area (Å²) < 4.78 is 4.67. The van der Waals surface area contributed by atoms with Crippen molar-refractivity contribution in [1.29, 1.82) is 0 Å². The van der Waals surface area contributed by atoms with Crippen LogP contribution in [0.3, 0.4) is 0 Å². The summed E-state index contributed by atoms with van der Waals surface area (Å²) in [6.45, 7) is 4.16. The Kier molecular flexibility index (Phi) is 4.39. The summed E-state index contributed by atoms with van der Waals surface area (Å²) in [7, 11) is 1.43. The number of nitrogens with one attached hydrogen (secondary N) is 1. The van der Waals surface area contributed by atoms with E-state index in [0.717, 1.165) is 5.92 Å². The van der Waals surface area contributed by atoms with E-state index < -0.39 is 0 Å². The van der Waals surface area contributed by atoms with Gasteiger partial charge in [0.1, 0.15) is 6.04 Å². The first-order valence-corrected chi connectivity index (χ1v) is 5.47. The van der Waals surface area contributed by atoms with Crippen LogP contribution in [-0.2, 0) is 9.53 Å². The molecule has 1 fully saturated rings. The molecule has 3 heteroatoms. The number of ether oxygens (including phenoxy) is 1. The summed E-state index contributed by atoms with van der Waals surface area (Å²) in [5.41, 5.74) is 0. The number of carbonyl (C=O) groups excluding carboxylic acids is 1. The molecule has 0 saturated heterocycles. The second-order valence-corrected chi connectivity index (χ2v) is 4.37. The minimum absolute atomic E-state index is 0.163. The Balaban J connectivity index is 2.27. The number of esters is 1. The van der Waals surface area contributed by atoms with Gasteiger partial charge in [0, 0.05) is 6.04 Å². The van der Waals surface area contributed by atoms with Gasteiger partial charge in [-0.1, -0.05) is 6.92 Å². The monoisotopic (exact) mass is 199 g/mol. The Morgan fingerprint density at radius 3 is 2.43 bits per heavy atom. The number of hydrogen-bond acceptors (Lipinski definition) is 3. The van der Waals surface area contributed by atoms with E-state index in [4.69, 9.17) is 0 Å². The Hall–Kier alpha value is -0.570. The fourth-order valence-electron chi connectivity index (χ4n) is 2.03. The largest absolute Gasteiger partial charge is 0.468 e. The van der Waals surface area contributed by atoms with Crippen LogP contribution in [0.5, 0.6) is 0 Å². The molecule has 1 rings (SSSR count). The molecule has 0 amide bonds. The maximum atomic E-state index is 11.2. The third-order valence-electron chi connectivity index (χ3n) is 3.06. The zero-order valence-electron chi connectivity index (χ0n) is 9.38. The molecule has 0 heterocycles. The summed E-state index contributed by atoms with van der Waals surface area (Å²) in [5, 5.41) is 3.32. The first-order valence-electron chi connectivity index (χ1n) is 5.47. The van der Waals surface area contributed by atoms with Crippen molar-refractivity contribution in [2.24, 2.45) is 5.92 Å². The van der Waals surface area contributed by atoms with Crippen LogP contribution >= 0.6 is 0 Å². The Morgan fingerprint density at radius 1 is 1.36 bits per heavy atom. The fraction of sp³-hybridized carbons (Fsp3) is 0.909. The van der Waals surface area contributed by atoms with E-state index in [2.05, 4.69) is 17.0 Å². The van der Waals surface area contributed by atoms with Gasteiger partial charge in [-0.15, -0.1) is 0 Å². The van der Waals surface area contributed by atoms with Crippen LogP contribution in [0.1, 0.15) is 39.5 Å². The van der Waals surface area contributed by atoms with Gasteiger partial charge >= 0.3 is 5.97 Å². The van der Waals surface area contributed by atoms with Gasteiger partial charge in [-0.3, -0.25) is 4.79 Å². The standard InChI is InChI=1S/C11H21NO2/c1-8-4-6-10(7-5-8)12-9(2)11(13)14-3/h8-10,12H,4-7H2,1-3H3. The average molecular weight is 199 g/mol. The van der Waals surface area contributed by atoms with Gasteiger partial charge in [0.25, 0.3) is 0 Å². The van der Waals surface area contributed by atoms with Crippen LogP contribution < -0.4 is 5.32 Å². The van der Waals surface area contributed by atoms with E-state index in [0.29, 0.717) is 6.04 Å². The smallest absolute Gasteiger partial charge is 0.322 e. The van der Waals surface area contributed by atoms with Crippen molar-refractivity contribution in [2.45, 2.75) is 51.6 Å². The van der Waals surface area contributed by atoms with Crippen molar-refractivity contribution in [3.05, 3.63) is 0 Å². The Morgan fingerprint density at radius 2 is 1.93 bits per heavy atom. The van der Waals surface area contributed by atoms with E-state index in [-0.39, 0.29) is 12.0 Å². The minimum atomic E-state index is -0.168. The number of rotatable bonds is 3. The maximum absolute atomic E-state index is 11.2. The van der Waals surface area contributed by atoms with Gasteiger partial charge in [0.05, 0.1) is 7.11 Å². The van der Waals surface area contributed by atoms with Gasteiger partial charge in [-0.25, -0.2) is 0 Å². The van der Waals surface area contributed by atoms with E-state index in [9.17, 15) is 4.79 Å². The molecule has 0 aliphatic heterocycles. The van der Waals surface area contributed by atoms with Crippen LogP contribution in [0.2, 0.25) is 0 Å². The molecule has 0 aromatic heterocycles. The van der Waals surface area contributed by atoms with Crippen molar-refractivity contribution in [1.82, 2.24) is 5.32 Å². The zero-order chi connectivity index (χ0) is 10.6. The Bertz CT molecular complexity index is 186. The predicted molar refractivity (Wildman–Crippen MR) is 56.0 cm³/mol. The molecule has 0 spiro atoms. The lowest BCUT2D eigenvalue weighted by Crippen LogP contribution is -2.43. The first-order chi connectivity index (χ1) is 6.63. The second kappa shape index (κ2) is 5.35. The quantitative estimate of drug-likeness (QED) is 0.703. The van der Waals surface area contributed by atoms with Crippen molar-refractivity contribution >= 4 is 5.97 Å². The number of methoxy groups -OCH3 is 1. The molecule has 1 N–H and O–H groups in total. The lowest BCUT2D eigenvalue weighted by Gasteiger charge is -2.28. The third-order valence-corrected chi connectivity index (χ3v) is 3.06. The van der Waals surface area contributed by atoms with Crippen LogP contribution in [0.15, 0.2) is 0 Å². The SMILES string of the molecule is COC(=O)C(C)NC1CCC(C)CC1. The lowest BCUT2D eigenvalue weighted by atomic mass is 9.87. The summed E-state index contributed by atoms with van der Waals surface area (Å²) >= 11 is 0. The van der Waals surface area contributed by atoms with E-state index in [1.54, 1.807) is 0 Å². The van der Waals surface area contributed by atoms with Crippen LogP contribution in [0, 0.1) is 5.92 Å². The van der Waals surface area contributed by atoms with Crippen molar-refractivity contribution in [3.8, 4) is 0 Å². The van der Waals surface area contributed by atoms with Crippen LogP contribution in [0.4, 0.5) is 0 Å². The van der Waals surface area contributed by atoms with E-state index >= 15 is 0 Å². The van der Waals surface area contributed by atoms with Crippen LogP contribution in [0.25, 0.3) is 0 Å². The molecule has 0 bridgehead atoms. The molecule has 1 atom stereocenters. The van der Waals surface area contributed by atoms with Crippen LogP contribution in [-0.4, -0.2) is 25.2 Å². The zero-order valence-corrected chi connectivity index (χ0v) is 9.38. The van der Waals surface area contributed by atoms with Crippen molar-refractivity contribution in [2.75, 3.05) is 7.11 Å². The molecule has 1 aliphatic carbocycles. The highest BCUT2D eigenvalue weighted by Gasteiger charge is 2.22. The molecule has 1 unspecified atom stereocenters. The molecule has 82 valence electrons. The van der Waals surface area contributed by atoms with Gasteiger partial charge in [0.2, 0.25) is 0 Å². The molecule has 0 aromatic carbocycles. The second-order valence-electron chi connectivity index (χ2n) is 4.37. The summed E-state index contributed by atoms with van der Waals surface area (Å²) in [6, 6.07) is 0.332. The number of carbonyl (C=O) groups is 1. The van der Waals surface area contributed by atoms with Gasteiger partial charge in [-0.05, 0) is 38.5 Å². The topological polar surface area (TPSA) is 38.3 Å². The highest BCUT2D eigenvalue weighted by Crippen LogP contribution is 2.23. The molecule has 0 aromatic rings. The number of hydrogen-bond donors (Lipinski definition) is 1. The fourth-order valence-corrected chi connectivity index (χ4v) is 2.03. The molecule has 14 heavy (non-hydrogen) atoms. The highest BCUT2D eigenvalue weighted by molar-refractivity contribution is 5.75. The van der Waals surface area contributed by atoms with Crippen molar-refractivity contribution < 1.29 is 9.53 Å². The molecule has 1 aliphatic rings. The molecule has 0 radical (unpaired) electrons. The van der Waals surface area contributed by atoms with E-state index in [1.807, 2.05) is 6.92 Å². The molecular formula is C11H21NO2. The normalized spacial score (nSPS) is 29.6. The summed E-state index contributed by atoms with van der Waals surface area (Å²) in [5.74, 6) is 0.685. The molecule has 1 saturated carbocycles. The average Bonchev–Trinajstić information content (AvgIpc) is 2.20. The van der Waals surface area contributed by atoms with E-state index in [1.165, 1.54) is 32.8 Å². The molecule has 3 nitrogen and oxygen atoms in total. The summed E-state index contributed by atoms with van der Waals surface area (Å²) in [6.07, 6.45) is 4.90. The first kappa shape index (κ1) is 11.5. The van der Waals surface area contributed by atoms with Gasteiger partial charge in [-0.2, -0.15) is 0 Å². The third kappa shape index (κ3) is 3.29. The Labute approximate surface area is 86.2 Å². The maximum Gasteiger partial charge on any atom is 0.322 e. The van der Waals surface area contributed by atoms with Gasteiger partial charge < -0.3 is 10.1 Å². The highest BCUT2D eigenvalue weighted by atomic mass is 16.5. The lowest BCUT2D eigenvalue weighted by molar-refractivity contribution is -0.142. The molecular weight excluding hydrogens is 178 g/mol. The minimum Gasteiger partial charge on any atom is -0.468 e. The summed E-state index contributed by atoms with van der Waals surface area (Å²) in [4.78, 5) is 11.2. The predicted octanol–water partition coefficient (Wildman–Crippen LogP) is 1.72. The van der Waals surface area contributed by atoms with Gasteiger partial charge in [0.15, 0.2) is 0 Å².